The van der Waals surface area contributed by atoms with Crippen molar-refractivity contribution in [1.82, 2.24) is 5.32 Å². The zero-order chi connectivity index (χ0) is 14.5. The molecular formula is C15H27NO3. The fourth-order valence-electron chi connectivity index (χ4n) is 1.82. The van der Waals surface area contributed by atoms with Crippen LogP contribution in [-0.4, -0.2) is 23.5 Å². The van der Waals surface area contributed by atoms with Crippen LogP contribution in [0.1, 0.15) is 64.7 Å². The van der Waals surface area contributed by atoms with Gasteiger partial charge < -0.3 is 10.4 Å². The largest absolute Gasteiger partial charge is 0.478 e. The van der Waals surface area contributed by atoms with Crippen molar-refractivity contribution in [3.63, 3.8) is 0 Å². The lowest BCUT2D eigenvalue weighted by Gasteiger charge is -2.05. The molecule has 0 saturated heterocycles. The lowest BCUT2D eigenvalue weighted by atomic mass is 10.1. The number of aliphatic carboxylic acids is 1. The summed E-state index contributed by atoms with van der Waals surface area (Å²) in [6, 6.07) is 0. The Bertz CT molecular complexity index is 287. The van der Waals surface area contributed by atoms with Crippen LogP contribution in [0.3, 0.4) is 0 Å². The monoisotopic (exact) mass is 269 g/mol. The third kappa shape index (κ3) is 11.5. The highest BCUT2D eigenvalue weighted by molar-refractivity contribution is 5.93. The van der Waals surface area contributed by atoms with E-state index in [1.807, 2.05) is 0 Å². The first kappa shape index (κ1) is 17.7. The molecule has 4 heteroatoms. The maximum Gasteiger partial charge on any atom is 0.331 e. The summed E-state index contributed by atoms with van der Waals surface area (Å²) in [6.45, 7) is 6.16. The van der Waals surface area contributed by atoms with Crippen molar-refractivity contribution < 1.29 is 14.7 Å². The van der Waals surface area contributed by atoms with Crippen LogP contribution in [-0.2, 0) is 9.59 Å². The number of unbranched alkanes of at least 4 members (excludes halogenated alkanes) is 7. The zero-order valence-electron chi connectivity index (χ0n) is 12.0. The van der Waals surface area contributed by atoms with Gasteiger partial charge in [0.2, 0.25) is 5.91 Å². The molecule has 0 atom stereocenters. The van der Waals surface area contributed by atoms with Crippen LogP contribution >= 0.6 is 0 Å². The molecule has 0 aliphatic rings. The summed E-state index contributed by atoms with van der Waals surface area (Å²) in [5.41, 5.74) is -0.0616. The van der Waals surface area contributed by atoms with Gasteiger partial charge in [-0.15, -0.1) is 0 Å². The van der Waals surface area contributed by atoms with Gasteiger partial charge in [-0.3, -0.25) is 4.79 Å². The van der Waals surface area contributed by atoms with Crippen LogP contribution in [0.25, 0.3) is 0 Å². The summed E-state index contributed by atoms with van der Waals surface area (Å²) in [7, 11) is 0. The van der Waals surface area contributed by atoms with Crippen molar-refractivity contribution in [3.05, 3.63) is 12.2 Å². The van der Waals surface area contributed by atoms with E-state index >= 15 is 0 Å². The Morgan fingerprint density at radius 3 is 2.05 bits per heavy atom. The SMILES string of the molecule is C=C(CC(=O)NCCCCCCCCCC)C(=O)O. The lowest BCUT2D eigenvalue weighted by molar-refractivity contribution is -0.134. The highest BCUT2D eigenvalue weighted by Gasteiger charge is 2.09. The summed E-state index contributed by atoms with van der Waals surface area (Å²) in [4.78, 5) is 21.8. The van der Waals surface area contributed by atoms with E-state index in [1.165, 1.54) is 38.5 Å². The number of carbonyl (C=O) groups is 2. The number of carboxylic acid groups (broad SMARTS) is 1. The number of nitrogens with one attached hydrogen (secondary N) is 1. The first-order chi connectivity index (χ1) is 9.07. The number of rotatable bonds is 12. The van der Waals surface area contributed by atoms with Crippen LogP contribution in [0, 0.1) is 0 Å². The van der Waals surface area contributed by atoms with Gasteiger partial charge in [0.05, 0.1) is 6.42 Å². The van der Waals surface area contributed by atoms with E-state index in [1.54, 1.807) is 0 Å². The highest BCUT2D eigenvalue weighted by atomic mass is 16.4. The maximum absolute atomic E-state index is 11.3. The Hall–Kier alpha value is -1.32. The van der Waals surface area contributed by atoms with Crippen molar-refractivity contribution in [3.8, 4) is 0 Å². The van der Waals surface area contributed by atoms with Crippen LogP contribution in [0.15, 0.2) is 12.2 Å². The molecule has 0 aliphatic heterocycles. The van der Waals surface area contributed by atoms with Crippen LogP contribution in [0.2, 0.25) is 0 Å². The minimum Gasteiger partial charge on any atom is -0.478 e. The first-order valence-electron chi connectivity index (χ1n) is 7.25. The fourth-order valence-corrected chi connectivity index (χ4v) is 1.82. The minimum atomic E-state index is -1.11. The summed E-state index contributed by atoms with van der Waals surface area (Å²) < 4.78 is 0. The number of hydrogen-bond acceptors (Lipinski definition) is 2. The van der Waals surface area contributed by atoms with E-state index < -0.39 is 5.97 Å². The third-order valence-corrected chi connectivity index (χ3v) is 3.03. The summed E-state index contributed by atoms with van der Waals surface area (Å²) in [6.07, 6.45) is 9.66. The molecule has 1 amide bonds. The van der Waals surface area contributed by atoms with Gasteiger partial charge in [-0.25, -0.2) is 4.79 Å². The lowest BCUT2D eigenvalue weighted by Crippen LogP contribution is -2.25. The number of carboxylic acids is 1. The van der Waals surface area contributed by atoms with Gasteiger partial charge in [-0.1, -0.05) is 58.4 Å². The quantitative estimate of drug-likeness (QED) is 0.422. The number of amides is 1. The van der Waals surface area contributed by atoms with Crippen molar-refractivity contribution in [1.29, 1.82) is 0 Å². The van der Waals surface area contributed by atoms with E-state index in [9.17, 15) is 9.59 Å². The second-order valence-electron chi connectivity index (χ2n) is 4.91. The van der Waals surface area contributed by atoms with Gasteiger partial charge in [0.25, 0.3) is 0 Å². The first-order valence-corrected chi connectivity index (χ1v) is 7.25. The number of hydrogen-bond donors (Lipinski definition) is 2. The van der Waals surface area contributed by atoms with E-state index in [0.717, 1.165) is 12.8 Å². The predicted octanol–water partition coefficient (Wildman–Crippen LogP) is 3.27. The summed E-state index contributed by atoms with van der Waals surface area (Å²) >= 11 is 0. The number of carbonyl (C=O) groups excluding carboxylic acids is 1. The van der Waals surface area contributed by atoms with E-state index in [4.69, 9.17) is 5.11 Å². The Morgan fingerprint density at radius 1 is 1.00 bits per heavy atom. The normalized spacial score (nSPS) is 10.2. The average Bonchev–Trinajstić information content (AvgIpc) is 2.36. The van der Waals surface area contributed by atoms with E-state index in [2.05, 4.69) is 18.8 Å². The molecule has 0 bridgehead atoms. The Kier molecular flexibility index (Phi) is 10.9. The highest BCUT2D eigenvalue weighted by Crippen LogP contribution is 2.08. The fraction of sp³-hybridized carbons (Fsp3) is 0.733. The van der Waals surface area contributed by atoms with Gasteiger partial charge in [0, 0.05) is 12.1 Å². The molecule has 0 aliphatic carbocycles. The second-order valence-corrected chi connectivity index (χ2v) is 4.91. The molecule has 0 heterocycles. The second kappa shape index (κ2) is 11.8. The van der Waals surface area contributed by atoms with E-state index in [0.29, 0.717) is 6.54 Å². The van der Waals surface area contributed by atoms with Crippen LogP contribution in [0.5, 0.6) is 0 Å². The van der Waals surface area contributed by atoms with Crippen molar-refractivity contribution in [2.75, 3.05) is 6.54 Å². The molecule has 0 saturated carbocycles. The van der Waals surface area contributed by atoms with Crippen molar-refractivity contribution in [2.24, 2.45) is 0 Å². The van der Waals surface area contributed by atoms with Gasteiger partial charge in [-0.05, 0) is 6.42 Å². The summed E-state index contributed by atoms with van der Waals surface area (Å²) in [5.74, 6) is -1.36. The van der Waals surface area contributed by atoms with Crippen LogP contribution in [0.4, 0.5) is 0 Å². The molecule has 0 fully saturated rings. The molecule has 0 aromatic heterocycles. The smallest absolute Gasteiger partial charge is 0.331 e. The third-order valence-electron chi connectivity index (χ3n) is 3.03. The molecule has 0 rings (SSSR count). The van der Waals surface area contributed by atoms with E-state index in [-0.39, 0.29) is 17.9 Å². The molecule has 2 N–H and O–H groups in total. The minimum absolute atomic E-state index is 0.0616. The van der Waals surface area contributed by atoms with Gasteiger partial charge in [0.15, 0.2) is 0 Å². The summed E-state index contributed by atoms with van der Waals surface area (Å²) in [5, 5.41) is 11.3. The van der Waals surface area contributed by atoms with Gasteiger partial charge >= 0.3 is 5.97 Å². The van der Waals surface area contributed by atoms with Gasteiger partial charge in [0.1, 0.15) is 0 Å². The van der Waals surface area contributed by atoms with Gasteiger partial charge in [-0.2, -0.15) is 0 Å². The Labute approximate surface area is 116 Å². The molecule has 0 spiro atoms. The molecule has 0 radical (unpaired) electrons. The molecule has 0 unspecified atom stereocenters. The molecule has 19 heavy (non-hydrogen) atoms. The van der Waals surface area contributed by atoms with Crippen molar-refractivity contribution >= 4 is 11.9 Å². The van der Waals surface area contributed by atoms with Crippen molar-refractivity contribution in [2.45, 2.75) is 64.7 Å². The molecular weight excluding hydrogens is 242 g/mol. The average molecular weight is 269 g/mol. The molecule has 0 aromatic rings. The van der Waals surface area contributed by atoms with Crippen LogP contribution < -0.4 is 5.32 Å². The Balaban J connectivity index is 3.32. The zero-order valence-corrected chi connectivity index (χ0v) is 12.0. The molecule has 110 valence electrons. The predicted molar refractivity (Wildman–Crippen MR) is 77.0 cm³/mol. The molecule has 4 nitrogen and oxygen atoms in total. The topological polar surface area (TPSA) is 66.4 Å². The maximum atomic E-state index is 11.3. The Morgan fingerprint density at radius 2 is 1.53 bits per heavy atom. The molecule has 0 aromatic carbocycles. The standard InChI is InChI=1S/C15H27NO3/c1-3-4-5-6-7-8-9-10-11-16-14(17)12-13(2)15(18)19/h2-12H2,1H3,(H,16,17)(H,18,19).